The summed E-state index contributed by atoms with van der Waals surface area (Å²) in [5.74, 6) is -0.413. The van der Waals surface area contributed by atoms with Crippen LogP contribution in [0, 0.1) is 0 Å². The van der Waals surface area contributed by atoms with E-state index in [1.54, 1.807) is 30.3 Å². The molecule has 2 aromatic carbocycles. The van der Waals surface area contributed by atoms with Crippen LogP contribution in [0.5, 0.6) is 11.5 Å². The predicted octanol–water partition coefficient (Wildman–Crippen LogP) is 3.26. The minimum atomic E-state index is -0.899. The van der Waals surface area contributed by atoms with Crippen molar-refractivity contribution in [3.63, 3.8) is 0 Å². The zero-order chi connectivity index (χ0) is 21.9. The van der Waals surface area contributed by atoms with E-state index in [9.17, 15) is 14.4 Å². The Morgan fingerprint density at radius 3 is 2.30 bits per heavy atom. The summed E-state index contributed by atoms with van der Waals surface area (Å²) >= 11 is 0. The van der Waals surface area contributed by atoms with E-state index in [2.05, 4.69) is 26.1 Å². The Bertz CT molecular complexity index is 959. The van der Waals surface area contributed by atoms with E-state index in [-0.39, 0.29) is 23.9 Å². The molecule has 1 N–H and O–H groups in total. The van der Waals surface area contributed by atoms with Crippen molar-refractivity contribution >= 4 is 17.7 Å². The molecule has 0 spiro atoms. The Kier molecular flexibility index (Phi) is 6.10. The molecule has 0 aliphatic carbocycles. The lowest BCUT2D eigenvalue weighted by Gasteiger charge is -2.19. The third-order valence-electron chi connectivity index (χ3n) is 4.75. The minimum Gasteiger partial charge on any atom is -0.456 e. The lowest BCUT2D eigenvalue weighted by molar-refractivity contribution is -0.144. The van der Waals surface area contributed by atoms with Crippen LogP contribution in [0.4, 0.5) is 0 Å². The van der Waals surface area contributed by atoms with Crippen LogP contribution in [-0.4, -0.2) is 37.1 Å². The van der Waals surface area contributed by atoms with E-state index >= 15 is 0 Å². The van der Waals surface area contributed by atoms with Crippen LogP contribution < -0.4 is 14.8 Å². The molecule has 7 heteroatoms. The van der Waals surface area contributed by atoms with Gasteiger partial charge in [-0.15, -0.1) is 0 Å². The molecule has 0 saturated carbocycles. The van der Waals surface area contributed by atoms with Crippen LogP contribution >= 0.6 is 0 Å². The number of nitrogens with one attached hydrogen (secondary N) is 1. The third-order valence-corrected chi connectivity index (χ3v) is 4.75. The smallest absolute Gasteiger partial charge is 0.328 e. The van der Waals surface area contributed by atoms with Crippen LogP contribution in [0.3, 0.4) is 0 Å². The van der Waals surface area contributed by atoms with E-state index in [0.29, 0.717) is 22.6 Å². The van der Waals surface area contributed by atoms with Crippen LogP contribution in [0.1, 0.15) is 54.0 Å². The highest BCUT2D eigenvalue weighted by atomic mass is 16.7. The molecule has 0 aromatic heterocycles. The SMILES string of the molecule is C[C@H](NC(=O)c1ccc(C(C)(C)C)cc1)C(=O)OCC(=O)c1ccc2c(c1)OCO2. The molecule has 30 heavy (non-hydrogen) atoms. The summed E-state index contributed by atoms with van der Waals surface area (Å²) in [4.78, 5) is 36.8. The van der Waals surface area contributed by atoms with Gasteiger partial charge in [-0.25, -0.2) is 4.79 Å². The zero-order valence-electron chi connectivity index (χ0n) is 17.5. The van der Waals surface area contributed by atoms with Gasteiger partial charge in [0.05, 0.1) is 0 Å². The van der Waals surface area contributed by atoms with Gasteiger partial charge in [0.25, 0.3) is 5.91 Å². The Labute approximate surface area is 175 Å². The maximum atomic E-state index is 12.4. The van der Waals surface area contributed by atoms with Crippen molar-refractivity contribution in [3.8, 4) is 11.5 Å². The van der Waals surface area contributed by atoms with Crippen LogP contribution in [0.2, 0.25) is 0 Å². The highest BCUT2D eigenvalue weighted by Gasteiger charge is 2.21. The average molecular weight is 411 g/mol. The Morgan fingerprint density at radius 1 is 1.00 bits per heavy atom. The summed E-state index contributed by atoms with van der Waals surface area (Å²) < 4.78 is 15.5. The molecular weight excluding hydrogens is 386 g/mol. The first-order valence-electron chi connectivity index (χ1n) is 9.66. The summed E-state index contributed by atoms with van der Waals surface area (Å²) in [6.07, 6.45) is 0. The molecule has 1 aliphatic rings. The second kappa shape index (κ2) is 8.57. The molecule has 0 unspecified atom stereocenters. The Balaban J connectivity index is 1.51. The number of Topliss-reactive ketones (excluding diaryl/α,β-unsaturated/α-hetero) is 1. The highest BCUT2D eigenvalue weighted by Crippen LogP contribution is 2.32. The van der Waals surface area contributed by atoms with Crippen molar-refractivity contribution < 1.29 is 28.6 Å². The number of carbonyl (C=O) groups is 3. The standard InChI is InChI=1S/C23H25NO6/c1-14(24-21(26)15-5-8-17(9-6-15)23(2,3)4)22(27)28-12-18(25)16-7-10-19-20(11-16)30-13-29-19/h5-11,14H,12-13H2,1-4H3,(H,24,26)/t14-/m0/s1. The number of carbonyl (C=O) groups excluding carboxylic acids is 3. The van der Waals surface area contributed by atoms with Crippen molar-refractivity contribution in [1.29, 1.82) is 0 Å². The van der Waals surface area contributed by atoms with Crippen molar-refractivity contribution in [2.75, 3.05) is 13.4 Å². The fourth-order valence-corrected chi connectivity index (χ4v) is 2.88. The normalized spacial score (nSPS) is 13.5. The first-order chi connectivity index (χ1) is 14.1. The van der Waals surface area contributed by atoms with Gasteiger partial charge in [0, 0.05) is 11.1 Å². The number of rotatable bonds is 6. The maximum absolute atomic E-state index is 12.4. The molecule has 158 valence electrons. The number of hydrogen-bond donors (Lipinski definition) is 1. The molecule has 0 fully saturated rings. The summed E-state index contributed by atoms with van der Waals surface area (Å²) in [6, 6.07) is 11.1. The van der Waals surface area contributed by atoms with Gasteiger partial charge in [0.1, 0.15) is 6.04 Å². The van der Waals surface area contributed by atoms with Crippen LogP contribution in [-0.2, 0) is 14.9 Å². The fraction of sp³-hybridized carbons (Fsp3) is 0.348. The lowest BCUT2D eigenvalue weighted by Crippen LogP contribution is -2.40. The van der Waals surface area contributed by atoms with Crippen LogP contribution in [0.15, 0.2) is 42.5 Å². The predicted molar refractivity (Wildman–Crippen MR) is 110 cm³/mol. The minimum absolute atomic E-state index is 0.0172. The Hall–Kier alpha value is -3.35. The van der Waals surface area contributed by atoms with E-state index in [1.807, 2.05) is 12.1 Å². The number of benzene rings is 2. The van der Waals surface area contributed by atoms with Gasteiger partial charge in [-0.1, -0.05) is 32.9 Å². The van der Waals surface area contributed by atoms with Crippen molar-refractivity contribution in [2.24, 2.45) is 0 Å². The largest absolute Gasteiger partial charge is 0.456 e. The van der Waals surface area contributed by atoms with Gasteiger partial charge in [-0.3, -0.25) is 9.59 Å². The molecule has 3 rings (SSSR count). The molecule has 0 bridgehead atoms. The van der Waals surface area contributed by atoms with E-state index in [0.717, 1.165) is 5.56 Å². The highest BCUT2D eigenvalue weighted by molar-refractivity contribution is 5.99. The molecule has 1 aliphatic heterocycles. The van der Waals surface area contributed by atoms with Crippen LogP contribution in [0.25, 0.3) is 0 Å². The molecule has 7 nitrogen and oxygen atoms in total. The number of ketones is 1. The summed E-state index contributed by atoms with van der Waals surface area (Å²) in [6.45, 7) is 7.45. The number of ether oxygens (including phenoxy) is 3. The van der Waals surface area contributed by atoms with Gasteiger partial charge in [0.2, 0.25) is 6.79 Å². The van der Waals surface area contributed by atoms with E-state index in [1.165, 1.54) is 6.92 Å². The maximum Gasteiger partial charge on any atom is 0.328 e. The molecule has 2 aromatic rings. The van der Waals surface area contributed by atoms with Crippen molar-refractivity contribution in [2.45, 2.75) is 39.2 Å². The van der Waals surface area contributed by atoms with E-state index < -0.39 is 18.6 Å². The second-order valence-electron chi connectivity index (χ2n) is 8.12. The first kappa shape index (κ1) is 21.4. The second-order valence-corrected chi connectivity index (χ2v) is 8.12. The van der Waals surface area contributed by atoms with Gasteiger partial charge < -0.3 is 19.5 Å². The molecular formula is C23H25NO6. The van der Waals surface area contributed by atoms with Crippen molar-refractivity contribution in [3.05, 3.63) is 59.2 Å². The van der Waals surface area contributed by atoms with Gasteiger partial charge >= 0.3 is 5.97 Å². The Morgan fingerprint density at radius 2 is 1.63 bits per heavy atom. The topological polar surface area (TPSA) is 90.9 Å². The van der Waals surface area contributed by atoms with Gasteiger partial charge in [-0.2, -0.15) is 0 Å². The average Bonchev–Trinajstić information content (AvgIpc) is 3.18. The monoisotopic (exact) mass is 411 g/mol. The molecule has 0 saturated heterocycles. The number of esters is 1. The number of fused-ring (bicyclic) bond motifs is 1. The number of hydrogen-bond acceptors (Lipinski definition) is 6. The summed E-state index contributed by atoms with van der Waals surface area (Å²) in [5.41, 5.74) is 1.88. The quantitative estimate of drug-likeness (QED) is 0.580. The zero-order valence-corrected chi connectivity index (χ0v) is 17.5. The first-order valence-corrected chi connectivity index (χ1v) is 9.66. The summed E-state index contributed by atoms with van der Waals surface area (Å²) in [7, 11) is 0. The third kappa shape index (κ3) is 4.97. The molecule has 1 atom stereocenters. The lowest BCUT2D eigenvalue weighted by atomic mass is 9.86. The van der Waals surface area contributed by atoms with Gasteiger partial charge in [-0.05, 0) is 48.2 Å². The van der Waals surface area contributed by atoms with Gasteiger partial charge in [0.15, 0.2) is 23.9 Å². The number of amides is 1. The van der Waals surface area contributed by atoms with Crippen molar-refractivity contribution in [1.82, 2.24) is 5.32 Å². The molecule has 0 radical (unpaired) electrons. The van der Waals surface area contributed by atoms with E-state index in [4.69, 9.17) is 14.2 Å². The summed E-state index contributed by atoms with van der Waals surface area (Å²) in [5, 5.41) is 2.59. The fourth-order valence-electron chi connectivity index (χ4n) is 2.88. The molecule has 1 amide bonds. The molecule has 1 heterocycles.